The molecule has 0 saturated carbocycles. The van der Waals surface area contributed by atoms with Gasteiger partial charge in [-0.05, 0) is 49.1 Å². The van der Waals surface area contributed by atoms with E-state index in [4.69, 9.17) is 4.74 Å². The molecular formula is C17H18O2. The van der Waals surface area contributed by atoms with Crippen LogP contribution >= 0.6 is 0 Å². The molecule has 0 N–H and O–H groups in total. The highest BCUT2D eigenvalue weighted by molar-refractivity contribution is 5.97. The molecule has 0 aliphatic carbocycles. The van der Waals surface area contributed by atoms with E-state index in [-0.39, 0.29) is 5.97 Å². The van der Waals surface area contributed by atoms with E-state index in [9.17, 15) is 4.79 Å². The molecular weight excluding hydrogens is 236 g/mol. The molecule has 0 amide bonds. The Balaban J connectivity index is 2.69. The van der Waals surface area contributed by atoms with Gasteiger partial charge in [-0.25, -0.2) is 4.79 Å². The zero-order valence-electron chi connectivity index (χ0n) is 11.8. The van der Waals surface area contributed by atoms with Crippen molar-refractivity contribution in [2.45, 2.75) is 20.8 Å². The van der Waals surface area contributed by atoms with E-state index in [2.05, 4.69) is 32.9 Å². The highest BCUT2D eigenvalue weighted by atomic mass is 16.5. The van der Waals surface area contributed by atoms with Crippen LogP contribution in [0.5, 0.6) is 0 Å². The van der Waals surface area contributed by atoms with E-state index >= 15 is 0 Å². The second kappa shape index (κ2) is 5.27. The summed E-state index contributed by atoms with van der Waals surface area (Å²) in [7, 11) is 1.41. The van der Waals surface area contributed by atoms with Crippen LogP contribution in [-0.4, -0.2) is 13.1 Å². The third-order valence-corrected chi connectivity index (χ3v) is 3.43. The van der Waals surface area contributed by atoms with Crippen LogP contribution in [0.1, 0.15) is 27.0 Å². The van der Waals surface area contributed by atoms with Crippen molar-refractivity contribution in [2.24, 2.45) is 0 Å². The van der Waals surface area contributed by atoms with Crippen molar-refractivity contribution in [3.05, 3.63) is 58.7 Å². The second-order valence-corrected chi connectivity index (χ2v) is 4.79. The van der Waals surface area contributed by atoms with Gasteiger partial charge in [-0.2, -0.15) is 0 Å². The second-order valence-electron chi connectivity index (χ2n) is 4.79. The number of carbonyl (C=O) groups is 1. The fourth-order valence-corrected chi connectivity index (χ4v) is 2.33. The van der Waals surface area contributed by atoms with Gasteiger partial charge < -0.3 is 4.74 Å². The number of hydrogen-bond donors (Lipinski definition) is 0. The van der Waals surface area contributed by atoms with Gasteiger partial charge in [0.1, 0.15) is 0 Å². The Morgan fingerprint density at radius 2 is 1.68 bits per heavy atom. The maximum absolute atomic E-state index is 11.9. The van der Waals surface area contributed by atoms with E-state index in [1.165, 1.54) is 23.8 Å². The first-order valence-electron chi connectivity index (χ1n) is 6.30. The molecule has 0 saturated heterocycles. The van der Waals surface area contributed by atoms with E-state index < -0.39 is 0 Å². The standard InChI is InChI=1S/C17H18O2/c1-11-9-12(2)13(3)16(10-11)14-7-5-6-8-15(14)17(18)19-4/h5-10H,1-4H3. The molecule has 2 aromatic rings. The van der Waals surface area contributed by atoms with Gasteiger partial charge in [0.05, 0.1) is 12.7 Å². The summed E-state index contributed by atoms with van der Waals surface area (Å²) in [5.74, 6) is -0.297. The molecule has 0 radical (unpaired) electrons. The van der Waals surface area contributed by atoms with E-state index in [1.54, 1.807) is 6.07 Å². The molecule has 2 rings (SSSR count). The monoisotopic (exact) mass is 254 g/mol. The summed E-state index contributed by atoms with van der Waals surface area (Å²) in [5.41, 5.74) is 6.25. The van der Waals surface area contributed by atoms with Gasteiger partial charge in [-0.15, -0.1) is 0 Å². The molecule has 0 bridgehead atoms. The van der Waals surface area contributed by atoms with Crippen LogP contribution in [-0.2, 0) is 4.74 Å². The molecule has 2 aromatic carbocycles. The van der Waals surface area contributed by atoms with Crippen LogP contribution < -0.4 is 0 Å². The van der Waals surface area contributed by atoms with Crippen molar-refractivity contribution in [1.82, 2.24) is 0 Å². The predicted octanol–water partition coefficient (Wildman–Crippen LogP) is 4.07. The Hall–Kier alpha value is -2.09. The highest BCUT2D eigenvalue weighted by Crippen LogP contribution is 2.30. The number of rotatable bonds is 2. The normalized spacial score (nSPS) is 10.3. The molecule has 0 unspecified atom stereocenters. The Morgan fingerprint density at radius 1 is 1.00 bits per heavy atom. The number of carbonyl (C=O) groups excluding carboxylic acids is 1. The lowest BCUT2D eigenvalue weighted by Gasteiger charge is -2.13. The summed E-state index contributed by atoms with van der Waals surface area (Å²) >= 11 is 0. The Morgan fingerprint density at radius 3 is 2.37 bits per heavy atom. The molecule has 0 fully saturated rings. The van der Waals surface area contributed by atoms with Crippen molar-refractivity contribution in [2.75, 3.05) is 7.11 Å². The number of ether oxygens (including phenoxy) is 1. The van der Waals surface area contributed by atoms with Crippen LogP contribution in [0.4, 0.5) is 0 Å². The SMILES string of the molecule is COC(=O)c1ccccc1-c1cc(C)cc(C)c1C. The smallest absolute Gasteiger partial charge is 0.338 e. The molecule has 0 atom stereocenters. The maximum Gasteiger partial charge on any atom is 0.338 e. The minimum atomic E-state index is -0.297. The van der Waals surface area contributed by atoms with Crippen molar-refractivity contribution in [1.29, 1.82) is 0 Å². The first kappa shape index (κ1) is 13.3. The summed E-state index contributed by atoms with van der Waals surface area (Å²) in [5, 5.41) is 0. The molecule has 98 valence electrons. The van der Waals surface area contributed by atoms with Gasteiger partial charge in [0.2, 0.25) is 0 Å². The molecule has 0 spiro atoms. The molecule has 2 heteroatoms. The quantitative estimate of drug-likeness (QED) is 0.755. The van der Waals surface area contributed by atoms with Crippen LogP contribution in [0.2, 0.25) is 0 Å². The largest absolute Gasteiger partial charge is 0.465 e. The Labute approximate surface area is 114 Å². The summed E-state index contributed by atoms with van der Waals surface area (Å²) < 4.78 is 4.86. The van der Waals surface area contributed by atoms with E-state index in [0.29, 0.717) is 5.56 Å². The lowest BCUT2D eigenvalue weighted by molar-refractivity contribution is 0.0601. The summed E-state index contributed by atoms with van der Waals surface area (Å²) in [6.45, 7) is 6.24. The zero-order chi connectivity index (χ0) is 14.0. The third kappa shape index (κ3) is 2.53. The van der Waals surface area contributed by atoms with Gasteiger partial charge in [0.15, 0.2) is 0 Å². The van der Waals surface area contributed by atoms with Gasteiger partial charge in [0.25, 0.3) is 0 Å². The summed E-state index contributed by atoms with van der Waals surface area (Å²) in [6, 6.07) is 11.8. The predicted molar refractivity (Wildman–Crippen MR) is 77.4 cm³/mol. The van der Waals surface area contributed by atoms with Crippen molar-refractivity contribution < 1.29 is 9.53 Å². The van der Waals surface area contributed by atoms with Crippen molar-refractivity contribution >= 4 is 5.97 Å². The fourth-order valence-electron chi connectivity index (χ4n) is 2.33. The van der Waals surface area contributed by atoms with E-state index in [0.717, 1.165) is 11.1 Å². The van der Waals surface area contributed by atoms with Crippen LogP contribution in [0, 0.1) is 20.8 Å². The number of methoxy groups -OCH3 is 1. The van der Waals surface area contributed by atoms with Crippen molar-refractivity contribution in [3.63, 3.8) is 0 Å². The molecule has 2 nitrogen and oxygen atoms in total. The molecule has 19 heavy (non-hydrogen) atoms. The number of esters is 1. The first-order chi connectivity index (χ1) is 9.04. The average molecular weight is 254 g/mol. The topological polar surface area (TPSA) is 26.3 Å². The lowest BCUT2D eigenvalue weighted by Crippen LogP contribution is -2.04. The zero-order valence-corrected chi connectivity index (χ0v) is 11.8. The number of benzene rings is 2. The first-order valence-corrected chi connectivity index (χ1v) is 6.30. The average Bonchev–Trinajstić information content (AvgIpc) is 2.42. The highest BCUT2D eigenvalue weighted by Gasteiger charge is 2.14. The summed E-state index contributed by atoms with van der Waals surface area (Å²) in [6.07, 6.45) is 0. The van der Waals surface area contributed by atoms with Crippen LogP contribution in [0.3, 0.4) is 0 Å². The van der Waals surface area contributed by atoms with Gasteiger partial charge in [0, 0.05) is 0 Å². The van der Waals surface area contributed by atoms with Crippen LogP contribution in [0.25, 0.3) is 11.1 Å². The summed E-state index contributed by atoms with van der Waals surface area (Å²) in [4.78, 5) is 11.9. The molecule has 0 aromatic heterocycles. The lowest BCUT2D eigenvalue weighted by atomic mass is 9.92. The number of aryl methyl sites for hydroxylation is 2. The number of hydrogen-bond acceptors (Lipinski definition) is 2. The minimum absolute atomic E-state index is 0.297. The van der Waals surface area contributed by atoms with Crippen molar-refractivity contribution in [3.8, 4) is 11.1 Å². The maximum atomic E-state index is 11.9. The third-order valence-electron chi connectivity index (χ3n) is 3.43. The van der Waals surface area contributed by atoms with Gasteiger partial charge >= 0.3 is 5.97 Å². The van der Waals surface area contributed by atoms with E-state index in [1.807, 2.05) is 18.2 Å². The molecule has 0 aliphatic heterocycles. The fraction of sp³-hybridized carbons (Fsp3) is 0.235. The minimum Gasteiger partial charge on any atom is -0.465 e. The Bertz CT molecular complexity index is 627. The molecule has 0 heterocycles. The van der Waals surface area contributed by atoms with Gasteiger partial charge in [-0.1, -0.05) is 35.9 Å². The van der Waals surface area contributed by atoms with Crippen LogP contribution in [0.15, 0.2) is 36.4 Å². The van der Waals surface area contributed by atoms with Gasteiger partial charge in [-0.3, -0.25) is 0 Å². The molecule has 0 aliphatic rings. The Kier molecular flexibility index (Phi) is 3.70.